The summed E-state index contributed by atoms with van der Waals surface area (Å²) < 4.78 is 5.25. The molecule has 4 N–H and O–H groups in total. The summed E-state index contributed by atoms with van der Waals surface area (Å²) in [6.07, 6.45) is 0.442. The quantitative estimate of drug-likeness (QED) is 0.610. The zero-order chi connectivity index (χ0) is 16.5. The van der Waals surface area contributed by atoms with Crippen LogP contribution in [0.5, 0.6) is 0 Å². The molecule has 0 saturated heterocycles. The number of carbonyl (C=O) groups is 2. The van der Waals surface area contributed by atoms with Gasteiger partial charge in [0.05, 0.1) is 6.61 Å². The molecule has 0 unspecified atom stereocenters. The summed E-state index contributed by atoms with van der Waals surface area (Å²) in [5.74, 6) is -0.874. The Bertz CT molecular complexity index is 476. The van der Waals surface area contributed by atoms with Crippen molar-refractivity contribution in [3.63, 3.8) is 0 Å². The summed E-state index contributed by atoms with van der Waals surface area (Å²) >= 11 is 0. The van der Waals surface area contributed by atoms with E-state index in [1.807, 2.05) is 44.2 Å². The Hall–Kier alpha value is -1.92. The number of carbonyl (C=O) groups excluding carboxylic acids is 2. The zero-order valence-electron chi connectivity index (χ0n) is 13.0. The van der Waals surface area contributed by atoms with Gasteiger partial charge in [0.15, 0.2) is 0 Å². The van der Waals surface area contributed by atoms with Gasteiger partial charge in [0.1, 0.15) is 18.7 Å². The predicted octanol–water partition coefficient (Wildman–Crippen LogP) is 0.580. The summed E-state index contributed by atoms with van der Waals surface area (Å²) in [5.41, 5.74) is 6.32. The number of amides is 1. The number of ether oxygens (including phenoxy) is 1. The van der Waals surface area contributed by atoms with E-state index < -0.39 is 30.6 Å². The number of aliphatic hydroxyl groups excluding tert-OH is 1. The van der Waals surface area contributed by atoms with Crippen molar-refractivity contribution in [1.82, 2.24) is 5.32 Å². The Morgan fingerprint density at radius 2 is 1.91 bits per heavy atom. The number of aliphatic hydroxyl groups is 1. The van der Waals surface area contributed by atoms with Gasteiger partial charge in [0.25, 0.3) is 0 Å². The molecule has 122 valence electrons. The van der Waals surface area contributed by atoms with Crippen LogP contribution in [0, 0.1) is 5.92 Å². The lowest BCUT2D eigenvalue weighted by atomic mass is 10.0. The average molecular weight is 308 g/mol. The molecule has 6 heteroatoms. The summed E-state index contributed by atoms with van der Waals surface area (Å²) in [6, 6.07) is 7.48. The van der Waals surface area contributed by atoms with Crippen LogP contribution in [-0.4, -0.2) is 35.7 Å². The van der Waals surface area contributed by atoms with Gasteiger partial charge in [0, 0.05) is 0 Å². The van der Waals surface area contributed by atoms with Gasteiger partial charge in [-0.25, -0.2) is 4.79 Å². The first-order chi connectivity index (χ1) is 10.4. The van der Waals surface area contributed by atoms with Crippen LogP contribution < -0.4 is 11.1 Å². The van der Waals surface area contributed by atoms with E-state index in [0.717, 1.165) is 5.56 Å². The molecule has 0 fully saturated rings. The Morgan fingerprint density at radius 3 is 2.45 bits per heavy atom. The topological polar surface area (TPSA) is 102 Å². The summed E-state index contributed by atoms with van der Waals surface area (Å²) in [6.45, 7) is 3.56. The first-order valence-corrected chi connectivity index (χ1v) is 7.31. The van der Waals surface area contributed by atoms with E-state index in [1.165, 1.54) is 0 Å². The van der Waals surface area contributed by atoms with Crippen LogP contribution in [0.2, 0.25) is 0 Å². The number of hydrogen-bond acceptors (Lipinski definition) is 5. The first-order valence-electron chi connectivity index (χ1n) is 7.31. The molecule has 0 heterocycles. The minimum Gasteiger partial charge on any atom is -0.459 e. The average Bonchev–Trinajstić information content (AvgIpc) is 2.51. The molecule has 0 aliphatic heterocycles. The van der Waals surface area contributed by atoms with Crippen LogP contribution in [0.4, 0.5) is 0 Å². The molecular weight excluding hydrogens is 284 g/mol. The van der Waals surface area contributed by atoms with Gasteiger partial charge < -0.3 is 20.9 Å². The van der Waals surface area contributed by atoms with Crippen molar-refractivity contribution < 1.29 is 19.4 Å². The molecule has 0 saturated carbocycles. The van der Waals surface area contributed by atoms with Crippen LogP contribution >= 0.6 is 0 Å². The van der Waals surface area contributed by atoms with Gasteiger partial charge in [-0.1, -0.05) is 44.2 Å². The van der Waals surface area contributed by atoms with Gasteiger partial charge in [-0.3, -0.25) is 4.79 Å². The molecule has 0 aliphatic rings. The van der Waals surface area contributed by atoms with Crippen molar-refractivity contribution in [3.8, 4) is 0 Å². The summed E-state index contributed by atoms with van der Waals surface area (Å²) in [5, 5.41) is 11.4. The third kappa shape index (κ3) is 6.24. The monoisotopic (exact) mass is 308 g/mol. The minimum atomic E-state index is -1.04. The number of hydrogen-bond donors (Lipinski definition) is 3. The fourth-order valence-electron chi connectivity index (χ4n) is 1.88. The van der Waals surface area contributed by atoms with Gasteiger partial charge in [-0.2, -0.15) is 0 Å². The maximum absolute atomic E-state index is 12.2. The van der Waals surface area contributed by atoms with Crippen LogP contribution in [-0.2, 0) is 20.9 Å². The molecule has 6 nitrogen and oxygen atoms in total. The molecule has 0 radical (unpaired) electrons. The Balaban J connectivity index is 2.61. The summed E-state index contributed by atoms with van der Waals surface area (Å²) in [7, 11) is 0. The van der Waals surface area contributed by atoms with Crippen molar-refractivity contribution in [2.45, 2.75) is 39.0 Å². The third-order valence-electron chi connectivity index (χ3n) is 3.07. The van der Waals surface area contributed by atoms with Crippen molar-refractivity contribution in [2.24, 2.45) is 11.7 Å². The van der Waals surface area contributed by atoms with Crippen molar-refractivity contribution in [1.29, 1.82) is 0 Å². The summed E-state index contributed by atoms with van der Waals surface area (Å²) in [4.78, 5) is 23.9. The van der Waals surface area contributed by atoms with E-state index in [4.69, 9.17) is 15.6 Å². The van der Waals surface area contributed by atoms with Gasteiger partial charge in [0.2, 0.25) is 5.91 Å². The van der Waals surface area contributed by atoms with E-state index in [2.05, 4.69) is 5.32 Å². The second kappa shape index (κ2) is 9.17. The van der Waals surface area contributed by atoms with Crippen molar-refractivity contribution >= 4 is 11.9 Å². The molecule has 0 aliphatic carbocycles. The van der Waals surface area contributed by atoms with E-state index in [-0.39, 0.29) is 12.5 Å². The maximum Gasteiger partial charge on any atom is 0.328 e. The zero-order valence-corrected chi connectivity index (χ0v) is 13.0. The smallest absolute Gasteiger partial charge is 0.328 e. The Labute approximate surface area is 130 Å². The van der Waals surface area contributed by atoms with E-state index in [9.17, 15) is 9.59 Å². The minimum absolute atomic E-state index is 0.149. The van der Waals surface area contributed by atoms with Gasteiger partial charge in [-0.05, 0) is 17.9 Å². The highest BCUT2D eigenvalue weighted by Crippen LogP contribution is 2.09. The first kappa shape index (κ1) is 18.1. The molecule has 0 bridgehead atoms. The van der Waals surface area contributed by atoms with Crippen molar-refractivity contribution in [2.75, 3.05) is 6.61 Å². The highest BCUT2D eigenvalue weighted by atomic mass is 16.5. The molecule has 1 rings (SSSR count). The third-order valence-corrected chi connectivity index (χ3v) is 3.07. The van der Waals surface area contributed by atoms with Crippen molar-refractivity contribution in [3.05, 3.63) is 35.9 Å². The standard InChI is InChI=1S/C16H24N2O4/c1-11(2)8-14(18-15(20)13(17)9-19)16(21)22-10-12-6-4-3-5-7-12/h3-7,11,13-14,19H,8-10,17H2,1-2H3,(H,18,20)/t13-,14-/m0/s1. The highest BCUT2D eigenvalue weighted by molar-refractivity contribution is 5.87. The molecule has 1 amide bonds. The van der Waals surface area contributed by atoms with E-state index in [0.29, 0.717) is 6.42 Å². The fourth-order valence-corrected chi connectivity index (χ4v) is 1.88. The second-order valence-electron chi connectivity index (χ2n) is 5.57. The molecule has 0 aromatic heterocycles. The lowest BCUT2D eigenvalue weighted by Crippen LogP contribution is -2.50. The Morgan fingerprint density at radius 1 is 1.27 bits per heavy atom. The van der Waals surface area contributed by atoms with Crippen LogP contribution in [0.25, 0.3) is 0 Å². The highest BCUT2D eigenvalue weighted by Gasteiger charge is 2.25. The number of nitrogens with one attached hydrogen (secondary N) is 1. The Kier molecular flexibility index (Phi) is 7.56. The number of esters is 1. The fraction of sp³-hybridized carbons (Fsp3) is 0.500. The normalized spacial score (nSPS) is 13.5. The lowest BCUT2D eigenvalue weighted by molar-refractivity contribution is -0.149. The predicted molar refractivity (Wildman–Crippen MR) is 82.7 cm³/mol. The number of nitrogens with two attached hydrogens (primary N) is 1. The lowest BCUT2D eigenvalue weighted by Gasteiger charge is -2.20. The van der Waals surface area contributed by atoms with E-state index in [1.54, 1.807) is 0 Å². The second-order valence-corrected chi connectivity index (χ2v) is 5.57. The molecule has 22 heavy (non-hydrogen) atoms. The molecule has 2 atom stereocenters. The SMILES string of the molecule is CC(C)C[C@H](NC(=O)[C@@H](N)CO)C(=O)OCc1ccccc1. The molecular formula is C16H24N2O4. The van der Waals surface area contributed by atoms with Gasteiger partial charge in [-0.15, -0.1) is 0 Å². The number of benzene rings is 1. The largest absolute Gasteiger partial charge is 0.459 e. The molecule has 1 aromatic rings. The molecule has 1 aromatic carbocycles. The van der Waals surface area contributed by atoms with Gasteiger partial charge >= 0.3 is 5.97 Å². The van der Waals surface area contributed by atoms with Crippen LogP contribution in [0.15, 0.2) is 30.3 Å². The molecule has 0 spiro atoms. The number of rotatable bonds is 8. The van der Waals surface area contributed by atoms with E-state index >= 15 is 0 Å². The van der Waals surface area contributed by atoms with Crippen LogP contribution in [0.1, 0.15) is 25.8 Å². The maximum atomic E-state index is 12.2. The van der Waals surface area contributed by atoms with Crippen LogP contribution in [0.3, 0.4) is 0 Å².